The lowest BCUT2D eigenvalue weighted by Crippen LogP contribution is -2.44. The molecule has 2 aromatic rings. The van der Waals surface area contributed by atoms with Gasteiger partial charge in [-0.15, -0.1) is 0 Å². The Hall–Kier alpha value is -2.91. The summed E-state index contributed by atoms with van der Waals surface area (Å²) in [7, 11) is 5.29. The molecule has 1 fully saturated rings. The van der Waals surface area contributed by atoms with Crippen molar-refractivity contribution in [3.63, 3.8) is 0 Å². The van der Waals surface area contributed by atoms with Crippen LogP contribution in [0.3, 0.4) is 0 Å². The van der Waals surface area contributed by atoms with Crippen molar-refractivity contribution in [1.82, 2.24) is 4.90 Å². The van der Waals surface area contributed by atoms with E-state index in [4.69, 9.17) is 13.9 Å². The highest BCUT2D eigenvalue weighted by atomic mass is 16.5. The molecule has 0 radical (unpaired) electrons. The Morgan fingerprint density at radius 2 is 1.85 bits per heavy atom. The zero-order valence-electron chi connectivity index (χ0n) is 15.4. The number of hydrogen-bond donors (Lipinski definition) is 0. The Morgan fingerprint density at radius 1 is 1.12 bits per heavy atom. The van der Waals surface area contributed by atoms with Crippen molar-refractivity contribution in [1.29, 1.82) is 5.26 Å². The van der Waals surface area contributed by atoms with Gasteiger partial charge in [-0.05, 0) is 30.8 Å². The van der Waals surface area contributed by atoms with Gasteiger partial charge in [0.2, 0.25) is 0 Å². The van der Waals surface area contributed by atoms with Crippen molar-refractivity contribution in [3.05, 3.63) is 41.9 Å². The lowest BCUT2D eigenvalue weighted by molar-refractivity contribution is 0.312. The molecule has 0 unspecified atom stereocenters. The van der Waals surface area contributed by atoms with Crippen LogP contribution in [0.25, 0.3) is 11.6 Å². The number of nitriles is 1. The first-order valence-corrected chi connectivity index (χ1v) is 8.51. The fraction of sp³-hybridized carbons (Fsp3) is 0.350. The molecule has 1 aliphatic rings. The number of methoxy groups -OCH3 is 2. The van der Waals surface area contributed by atoms with Gasteiger partial charge in [0.1, 0.15) is 0 Å². The van der Waals surface area contributed by atoms with Crippen molar-refractivity contribution in [3.8, 4) is 17.6 Å². The van der Waals surface area contributed by atoms with Crippen LogP contribution in [-0.2, 0) is 0 Å². The average Bonchev–Trinajstić information content (AvgIpc) is 3.14. The summed E-state index contributed by atoms with van der Waals surface area (Å²) in [5, 5.41) is 9.65. The number of furan rings is 1. The molecule has 3 rings (SSSR count). The van der Waals surface area contributed by atoms with Crippen molar-refractivity contribution in [2.75, 3.05) is 52.3 Å². The van der Waals surface area contributed by atoms with Gasteiger partial charge in [0.25, 0.3) is 0 Å². The predicted octanol–water partition coefficient (Wildman–Crippen LogP) is 3.11. The number of benzene rings is 1. The van der Waals surface area contributed by atoms with Crippen molar-refractivity contribution in [2.24, 2.45) is 0 Å². The molecular weight excluding hydrogens is 330 g/mol. The lowest BCUT2D eigenvalue weighted by Gasteiger charge is -2.33. The van der Waals surface area contributed by atoms with Gasteiger partial charge in [0.05, 0.1) is 37.8 Å². The Bertz CT molecular complexity index is 827. The smallest absolute Gasteiger partial charge is 0.161 e. The van der Waals surface area contributed by atoms with Gasteiger partial charge in [0.15, 0.2) is 17.3 Å². The standard InChI is InChI=1S/C20H23N3O3/c1-22-7-9-23(10-8-22)17-6-11-26-19(17)13-16(14-21)15-4-5-18(24-2)20(12-15)25-3/h4-6,11-13H,7-10H2,1-3H3. The van der Waals surface area contributed by atoms with Crippen molar-refractivity contribution < 1.29 is 13.9 Å². The van der Waals surface area contributed by atoms with E-state index in [1.165, 1.54) is 0 Å². The first-order valence-electron chi connectivity index (χ1n) is 8.51. The molecule has 0 N–H and O–H groups in total. The second-order valence-corrected chi connectivity index (χ2v) is 6.20. The minimum atomic E-state index is 0.510. The highest BCUT2D eigenvalue weighted by Crippen LogP contribution is 2.32. The molecular formula is C20H23N3O3. The van der Waals surface area contributed by atoms with E-state index in [-0.39, 0.29) is 0 Å². The van der Waals surface area contributed by atoms with E-state index in [1.54, 1.807) is 38.7 Å². The Labute approximate surface area is 153 Å². The molecule has 1 saturated heterocycles. The predicted molar refractivity (Wildman–Crippen MR) is 101 cm³/mol. The summed E-state index contributed by atoms with van der Waals surface area (Å²) in [6, 6.07) is 9.65. The van der Waals surface area contributed by atoms with Crippen LogP contribution in [0.1, 0.15) is 11.3 Å². The summed E-state index contributed by atoms with van der Waals surface area (Å²) in [4.78, 5) is 4.59. The van der Waals surface area contributed by atoms with Crippen molar-refractivity contribution >= 4 is 17.3 Å². The zero-order valence-corrected chi connectivity index (χ0v) is 15.4. The fourth-order valence-corrected chi connectivity index (χ4v) is 3.05. The first kappa shape index (κ1) is 17.9. The lowest BCUT2D eigenvalue weighted by atomic mass is 10.0. The third-order valence-electron chi connectivity index (χ3n) is 4.61. The SMILES string of the molecule is COc1ccc(C(C#N)=Cc2occc2N2CCN(C)CC2)cc1OC. The highest BCUT2D eigenvalue weighted by Gasteiger charge is 2.19. The maximum absolute atomic E-state index is 9.65. The number of piperazine rings is 1. The maximum Gasteiger partial charge on any atom is 0.161 e. The van der Waals surface area contributed by atoms with E-state index in [9.17, 15) is 5.26 Å². The van der Waals surface area contributed by atoms with Gasteiger partial charge in [-0.2, -0.15) is 5.26 Å². The third-order valence-corrected chi connectivity index (χ3v) is 4.61. The molecule has 1 aromatic heterocycles. The molecule has 0 atom stereocenters. The molecule has 0 amide bonds. The minimum Gasteiger partial charge on any atom is -0.493 e. The Kier molecular flexibility index (Phi) is 5.49. The van der Waals surface area contributed by atoms with Gasteiger partial charge >= 0.3 is 0 Å². The Balaban J connectivity index is 1.91. The molecule has 136 valence electrons. The number of nitrogens with zero attached hydrogens (tertiary/aromatic N) is 3. The molecule has 6 nitrogen and oxygen atoms in total. The van der Waals surface area contributed by atoms with Gasteiger partial charge in [-0.1, -0.05) is 0 Å². The van der Waals surface area contributed by atoms with Gasteiger partial charge in [0, 0.05) is 38.3 Å². The van der Waals surface area contributed by atoms with Crippen LogP contribution in [0, 0.1) is 11.3 Å². The summed E-state index contributed by atoms with van der Waals surface area (Å²) in [5.41, 5.74) is 2.29. The summed E-state index contributed by atoms with van der Waals surface area (Å²) >= 11 is 0. The third kappa shape index (κ3) is 3.68. The van der Waals surface area contributed by atoms with E-state index >= 15 is 0 Å². The topological polar surface area (TPSA) is 61.9 Å². The normalized spacial score (nSPS) is 15.6. The largest absolute Gasteiger partial charge is 0.493 e. The van der Waals surface area contributed by atoms with Crippen LogP contribution in [0.2, 0.25) is 0 Å². The second kappa shape index (κ2) is 7.98. The monoisotopic (exact) mass is 353 g/mol. The highest BCUT2D eigenvalue weighted by molar-refractivity contribution is 5.91. The van der Waals surface area contributed by atoms with Crippen LogP contribution in [0.15, 0.2) is 34.9 Å². The van der Waals surface area contributed by atoms with Gasteiger partial charge in [-0.3, -0.25) is 0 Å². The molecule has 6 heteroatoms. The van der Waals surface area contributed by atoms with E-state index in [2.05, 4.69) is 22.9 Å². The van der Waals surface area contributed by atoms with E-state index in [0.717, 1.165) is 37.4 Å². The summed E-state index contributed by atoms with van der Waals surface area (Å²) in [6.07, 6.45) is 3.46. The number of likely N-dealkylation sites (N-methyl/N-ethyl adjacent to an activating group) is 1. The van der Waals surface area contributed by atoms with E-state index in [0.29, 0.717) is 22.8 Å². The maximum atomic E-state index is 9.65. The van der Waals surface area contributed by atoms with Crippen LogP contribution >= 0.6 is 0 Å². The molecule has 0 saturated carbocycles. The van der Waals surface area contributed by atoms with Crippen LogP contribution in [0.5, 0.6) is 11.5 Å². The van der Waals surface area contributed by atoms with Crippen LogP contribution in [-0.4, -0.2) is 52.3 Å². The molecule has 0 bridgehead atoms. The number of hydrogen-bond acceptors (Lipinski definition) is 6. The average molecular weight is 353 g/mol. The van der Waals surface area contributed by atoms with Crippen molar-refractivity contribution in [2.45, 2.75) is 0 Å². The summed E-state index contributed by atoms with van der Waals surface area (Å²) in [6.45, 7) is 3.90. The number of allylic oxidation sites excluding steroid dienone is 1. The van der Waals surface area contributed by atoms with Crippen LogP contribution in [0.4, 0.5) is 5.69 Å². The minimum absolute atomic E-state index is 0.510. The zero-order chi connectivity index (χ0) is 18.5. The summed E-state index contributed by atoms with van der Waals surface area (Å²) in [5.74, 6) is 1.91. The Morgan fingerprint density at radius 3 is 2.50 bits per heavy atom. The summed E-state index contributed by atoms with van der Waals surface area (Å²) < 4.78 is 16.3. The van der Waals surface area contributed by atoms with E-state index in [1.807, 2.05) is 12.1 Å². The molecule has 0 spiro atoms. The molecule has 1 aliphatic heterocycles. The first-order chi connectivity index (χ1) is 12.7. The fourth-order valence-electron chi connectivity index (χ4n) is 3.05. The van der Waals surface area contributed by atoms with Crippen LogP contribution < -0.4 is 14.4 Å². The van der Waals surface area contributed by atoms with E-state index < -0.39 is 0 Å². The van der Waals surface area contributed by atoms with Gasteiger partial charge < -0.3 is 23.7 Å². The second-order valence-electron chi connectivity index (χ2n) is 6.20. The molecule has 26 heavy (non-hydrogen) atoms. The molecule has 0 aliphatic carbocycles. The molecule has 1 aromatic carbocycles. The number of ether oxygens (including phenoxy) is 2. The number of rotatable bonds is 5. The molecule has 2 heterocycles. The quantitative estimate of drug-likeness (QED) is 0.770. The number of anilines is 1. The van der Waals surface area contributed by atoms with Gasteiger partial charge in [-0.25, -0.2) is 0 Å².